The zero-order chi connectivity index (χ0) is 17.2. The number of imide groups is 1. The zero-order valence-corrected chi connectivity index (χ0v) is 14.4. The summed E-state index contributed by atoms with van der Waals surface area (Å²) in [5.74, 6) is 1.89. The summed E-state index contributed by atoms with van der Waals surface area (Å²) in [5, 5.41) is 6.74. The molecule has 3 amide bonds. The fraction of sp³-hybridized carbons (Fsp3) is 0.353. The molecule has 1 aliphatic heterocycles. The molecular formula is C17H19N3O3S. The Kier molecular flexibility index (Phi) is 4.62. The summed E-state index contributed by atoms with van der Waals surface area (Å²) in [5.41, 5.74) is 1.01. The van der Waals surface area contributed by atoms with Crippen LogP contribution in [0.5, 0.6) is 0 Å². The van der Waals surface area contributed by atoms with Crippen LogP contribution in [-0.2, 0) is 10.5 Å². The van der Waals surface area contributed by atoms with E-state index in [1.165, 1.54) is 4.90 Å². The highest BCUT2D eigenvalue weighted by atomic mass is 32.2. The molecule has 1 N–H and O–H groups in total. The number of nitrogens with zero attached hydrogens (tertiary/aromatic N) is 2. The normalized spacial score (nSPS) is 16.5. The Balaban J connectivity index is 1.49. The number of amides is 3. The van der Waals surface area contributed by atoms with Crippen molar-refractivity contribution >= 4 is 23.7 Å². The van der Waals surface area contributed by atoms with Gasteiger partial charge in [0.15, 0.2) is 0 Å². The Hall–Kier alpha value is -2.28. The standard InChI is InChI=1S/C17H19N3O3S/c1-17(2)15(21)20(16(22)18-17)8-9-24-11-13-10-14(19-23-13)12-6-4-3-5-7-12/h3-7,10H,8-9,11H2,1-2H3,(H,18,22). The maximum absolute atomic E-state index is 12.1. The van der Waals surface area contributed by atoms with E-state index in [1.54, 1.807) is 25.6 Å². The lowest BCUT2D eigenvalue weighted by Crippen LogP contribution is -2.40. The van der Waals surface area contributed by atoms with Gasteiger partial charge in [0.05, 0.1) is 5.75 Å². The molecule has 2 aromatic rings. The second-order valence-corrected chi connectivity index (χ2v) is 7.21. The van der Waals surface area contributed by atoms with Crippen molar-refractivity contribution in [2.24, 2.45) is 0 Å². The van der Waals surface area contributed by atoms with Gasteiger partial charge in [-0.1, -0.05) is 35.5 Å². The van der Waals surface area contributed by atoms with Crippen molar-refractivity contribution in [3.05, 3.63) is 42.2 Å². The number of urea groups is 1. The van der Waals surface area contributed by atoms with Crippen molar-refractivity contribution in [3.63, 3.8) is 0 Å². The third-order valence-corrected chi connectivity index (χ3v) is 4.74. The van der Waals surface area contributed by atoms with E-state index in [1.807, 2.05) is 36.4 Å². The molecule has 0 atom stereocenters. The van der Waals surface area contributed by atoms with Gasteiger partial charge in [0, 0.05) is 23.9 Å². The van der Waals surface area contributed by atoms with Crippen molar-refractivity contribution < 1.29 is 14.1 Å². The van der Waals surface area contributed by atoms with Crippen LogP contribution in [0, 0.1) is 0 Å². The number of hydrogen-bond acceptors (Lipinski definition) is 5. The number of nitrogens with one attached hydrogen (secondary N) is 1. The van der Waals surface area contributed by atoms with Gasteiger partial charge in [0.2, 0.25) is 0 Å². The minimum absolute atomic E-state index is 0.181. The number of hydrogen-bond donors (Lipinski definition) is 1. The van der Waals surface area contributed by atoms with E-state index in [0.29, 0.717) is 18.1 Å². The van der Waals surface area contributed by atoms with Crippen molar-refractivity contribution in [3.8, 4) is 11.3 Å². The van der Waals surface area contributed by atoms with E-state index < -0.39 is 5.54 Å². The molecule has 3 rings (SSSR count). The molecule has 1 aliphatic rings. The molecule has 1 fully saturated rings. The number of carbonyl (C=O) groups is 2. The lowest BCUT2D eigenvalue weighted by Gasteiger charge is -2.15. The Morgan fingerprint density at radius 3 is 2.67 bits per heavy atom. The Labute approximate surface area is 144 Å². The van der Waals surface area contributed by atoms with Crippen LogP contribution in [0.15, 0.2) is 40.9 Å². The van der Waals surface area contributed by atoms with E-state index in [-0.39, 0.29) is 11.9 Å². The number of rotatable bonds is 6. The van der Waals surface area contributed by atoms with Crippen molar-refractivity contribution in [2.75, 3.05) is 12.3 Å². The fourth-order valence-corrected chi connectivity index (χ4v) is 3.27. The van der Waals surface area contributed by atoms with Crippen LogP contribution >= 0.6 is 11.8 Å². The topological polar surface area (TPSA) is 75.4 Å². The molecule has 24 heavy (non-hydrogen) atoms. The first-order valence-electron chi connectivity index (χ1n) is 7.70. The molecule has 0 unspecified atom stereocenters. The first kappa shape index (κ1) is 16.6. The van der Waals surface area contributed by atoms with Gasteiger partial charge in [-0.2, -0.15) is 11.8 Å². The second-order valence-electron chi connectivity index (χ2n) is 6.11. The first-order valence-corrected chi connectivity index (χ1v) is 8.86. The summed E-state index contributed by atoms with van der Waals surface area (Å²) in [7, 11) is 0. The predicted octanol–water partition coefficient (Wildman–Crippen LogP) is 2.91. The number of benzene rings is 1. The van der Waals surface area contributed by atoms with Crippen LogP contribution in [-0.4, -0.2) is 39.8 Å². The van der Waals surface area contributed by atoms with Gasteiger partial charge >= 0.3 is 6.03 Å². The Morgan fingerprint density at radius 2 is 2.00 bits per heavy atom. The maximum atomic E-state index is 12.1. The second kappa shape index (κ2) is 6.68. The first-order chi connectivity index (χ1) is 11.5. The van der Waals surface area contributed by atoms with Crippen LogP contribution in [0.3, 0.4) is 0 Å². The third kappa shape index (κ3) is 3.46. The van der Waals surface area contributed by atoms with Gasteiger partial charge < -0.3 is 9.84 Å². The summed E-state index contributed by atoms with van der Waals surface area (Å²) in [6.07, 6.45) is 0. The van der Waals surface area contributed by atoms with Crippen LogP contribution < -0.4 is 5.32 Å². The molecule has 0 saturated carbocycles. The summed E-state index contributed by atoms with van der Waals surface area (Å²) in [6, 6.07) is 11.4. The predicted molar refractivity (Wildman–Crippen MR) is 92.4 cm³/mol. The largest absolute Gasteiger partial charge is 0.360 e. The molecule has 1 saturated heterocycles. The average molecular weight is 345 g/mol. The highest BCUT2D eigenvalue weighted by Gasteiger charge is 2.43. The summed E-state index contributed by atoms with van der Waals surface area (Å²) in [6.45, 7) is 3.80. The molecule has 2 heterocycles. The van der Waals surface area contributed by atoms with Gasteiger partial charge in [0.1, 0.15) is 17.0 Å². The summed E-state index contributed by atoms with van der Waals surface area (Å²) >= 11 is 1.60. The molecule has 0 bridgehead atoms. The lowest BCUT2D eigenvalue weighted by molar-refractivity contribution is -0.130. The Morgan fingerprint density at radius 1 is 1.25 bits per heavy atom. The van der Waals surface area contributed by atoms with Crippen molar-refractivity contribution in [2.45, 2.75) is 25.1 Å². The van der Waals surface area contributed by atoms with Crippen LogP contribution in [0.1, 0.15) is 19.6 Å². The van der Waals surface area contributed by atoms with Crippen molar-refractivity contribution in [1.29, 1.82) is 0 Å². The molecule has 0 spiro atoms. The van der Waals surface area contributed by atoms with Gasteiger partial charge in [0.25, 0.3) is 5.91 Å². The highest BCUT2D eigenvalue weighted by Crippen LogP contribution is 2.22. The SMILES string of the molecule is CC1(C)NC(=O)N(CCSCc2cc(-c3ccccc3)no2)C1=O. The highest BCUT2D eigenvalue weighted by molar-refractivity contribution is 7.98. The van der Waals surface area contributed by atoms with E-state index in [0.717, 1.165) is 17.0 Å². The van der Waals surface area contributed by atoms with Gasteiger partial charge in [-0.25, -0.2) is 4.79 Å². The third-order valence-electron chi connectivity index (χ3n) is 3.78. The molecule has 1 aromatic heterocycles. The molecule has 7 heteroatoms. The van der Waals surface area contributed by atoms with Crippen LogP contribution in [0.25, 0.3) is 11.3 Å². The zero-order valence-electron chi connectivity index (χ0n) is 13.6. The molecule has 0 aliphatic carbocycles. The lowest BCUT2D eigenvalue weighted by atomic mass is 10.1. The quantitative estimate of drug-likeness (QED) is 0.643. The molecule has 6 nitrogen and oxygen atoms in total. The maximum Gasteiger partial charge on any atom is 0.325 e. The number of carbonyl (C=O) groups excluding carboxylic acids is 2. The average Bonchev–Trinajstić information content (AvgIpc) is 3.10. The monoisotopic (exact) mass is 345 g/mol. The van der Waals surface area contributed by atoms with Crippen molar-refractivity contribution in [1.82, 2.24) is 15.4 Å². The fourth-order valence-electron chi connectivity index (χ4n) is 2.48. The van der Waals surface area contributed by atoms with E-state index in [9.17, 15) is 9.59 Å². The smallest absolute Gasteiger partial charge is 0.325 e. The van der Waals surface area contributed by atoms with Gasteiger partial charge in [-0.15, -0.1) is 0 Å². The number of aromatic nitrogens is 1. The molecule has 0 radical (unpaired) electrons. The summed E-state index contributed by atoms with van der Waals surface area (Å²) < 4.78 is 5.34. The number of thioether (sulfide) groups is 1. The van der Waals surface area contributed by atoms with Crippen LogP contribution in [0.4, 0.5) is 4.79 Å². The summed E-state index contributed by atoms with van der Waals surface area (Å²) in [4.78, 5) is 25.1. The van der Waals surface area contributed by atoms with Gasteiger partial charge in [-0.05, 0) is 13.8 Å². The minimum atomic E-state index is -0.808. The molecule has 1 aromatic carbocycles. The minimum Gasteiger partial charge on any atom is -0.360 e. The van der Waals surface area contributed by atoms with E-state index in [4.69, 9.17) is 4.52 Å². The van der Waals surface area contributed by atoms with E-state index >= 15 is 0 Å². The molecular weight excluding hydrogens is 326 g/mol. The Bertz CT molecular complexity index is 743. The van der Waals surface area contributed by atoms with E-state index in [2.05, 4.69) is 10.5 Å². The van der Waals surface area contributed by atoms with Gasteiger partial charge in [-0.3, -0.25) is 9.69 Å². The van der Waals surface area contributed by atoms with Crippen LogP contribution in [0.2, 0.25) is 0 Å². The molecule has 126 valence electrons.